The predicted molar refractivity (Wildman–Crippen MR) is 81.0 cm³/mol. The summed E-state index contributed by atoms with van der Waals surface area (Å²) < 4.78 is 36.0. The summed E-state index contributed by atoms with van der Waals surface area (Å²) in [4.78, 5) is 0.0477. The van der Waals surface area contributed by atoms with E-state index in [1.165, 1.54) is 24.3 Å². The largest absolute Gasteiger partial charge is 0.381 e. The lowest BCUT2D eigenvalue weighted by Crippen LogP contribution is -2.13. The highest BCUT2D eigenvalue weighted by Crippen LogP contribution is 2.21. The highest BCUT2D eigenvalue weighted by molar-refractivity contribution is 7.89. The van der Waals surface area contributed by atoms with Gasteiger partial charge in [-0.15, -0.1) is 0 Å². The molecule has 21 heavy (non-hydrogen) atoms. The van der Waals surface area contributed by atoms with Crippen LogP contribution in [0.4, 0.5) is 10.1 Å². The van der Waals surface area contributed by atoms with Crippen LogP contribution in [0.3, 0.4) is 0 Å². The van der Waals surface area contributed by atoms with E-state index < -0.39 is 10.0 Å². The molecule has 0 saturated heterocycles. The highest BCUT2D eigenvalue weighted by atomic mass is 32.2. The lowest BCUT2D eigenvalue weighted by Gasteiger charge is -2.12. The molecule has 0 bridgehead atoms. The van der Waals surface area contributed by atoms with E-state index in [9.17, 15) is 12.8 Å². The number of aryl methyl sites for hydroxylation is 2. The van der Waals surface area contributed by atoms with Crippen LogP contribution >= 0.6 is 0 Å². The molecule has 4 nitrogen and oxygen atoms in total. The van der Waals surface area contributed by atoms with Gasteiger partial charge in [-0.2, -0.15) is 0 Å². The fourth-order valence-electron chi connectivity index (χ4n) is 1.99. The first-order valence-corrected chi connectivity index (χ1v) is 7.94. The summed E-state index contributed by atoms with van der Waals surface area (Å²) in [5, 5.41) is 8.24. The Labute approximate surface area is 123 Å². The average molecular weight is 308 g/mol. The molecular weight excluding hydrogens is 291 g/mol. The Morgan fingerprint density at radius 2 is 1.76 bits per heavy atom. The van der Waals surface area contributed by atoms with Crippen LogP contribution in [-0.4, -0.2) is 8.42 Å². The minimum atomic E-state index is -3.74. The van der Waals surface area contributed by atoms with Crippen LogP contribution in [-0.2, 0) is 16.6 Å². The van der Waals surface area contributed by atoms with Crippen molar-refractivity contribution in [1.29, 1.82) is 0 Å². The third kappa shape index (κ3) is 3.80. The third-order valence-electron chi connectivity index (χ3n) is 3.32. The third-order valence-corrected chi connectivity index (χ3v) is 4.23. The normalized spacial score (nSPS) is 11.4. The standard InChI is InChI=1S/C15H17FN2O2S/c1-10-3-5-13(16)7-12(10)9-18-15-8-14(21(17,19)20)6-4-11(15)2/h3-8,18H,9H2,1-2H3,(H2,17,19,20). The molecule has 0 aliphatic heterocycles. The van der Waals surface area contributed by atoms with Gasteiger partial charge < -0.3 is 5.32 Å². The zero-order valence-electron chi connectivity index (χ0n) is 11.9. The number of hydrogen-bond donors (Lipinski definition) is 2. The van der Waals surface area contributed by atoms with Gasteiger partial charge in [-0.1, -0.05) is 12.1 Å². The first kappa shape index (κ1) is 15.5. The Kier molecular flexibility index (Phi) is 4.29. The first-order chi connectivity index (χ1) is 9.77. The van der Waals surface area contributed by atoms with Crippen LogP contribution in [0.25, 0.3) is 0 Å². The van der Waals surface area contributed by atoms with Crippen molar-refractivity contribution in [1.82, 2.24) is 0 Å². The molecule has 0 aromatic heterocycles. The van der Waals surface area contributed by atoms with E-state index in [1.54, 1.807) is 12.1 Å². The number of primary sulfonamides is 1. The van der Waals surface area contributed by atoms with Crippen molar-refractivity contribution in [2.24, 2.45) is 5.14 Å². The summed E-state index contributed by atoms with van der Waals surface area (Å²) in [6.45, 7) is 4.15. The number of anilines is 1. The van der Waals surface area contributed by atoms with Crippen LogP contribution in [0.2, 0.25) is 0 Å². The minimum Gasteiger partial charge on any atom is -0.381 e. The number of halogens is 1. The van der Waals surface area contributed by atoms with Crippen molar-refractivity contribution in [3.63, 3.8) is 0 Å². The second-order valence-corrected chi connectivity index (χ2v) is 6.51. The number of sulfonamides is 1. The zero-order chi connectivity index (χ0) is 15.6. The molecule has 0 unspecified atom stereocenters. The maximum atomic E-state index is 13.2. The van der Waals surface area contributed by atoms with Gasteiger partial charge in [0, 0.05) is 12.2 Å². The molecule has 3 N–H and O–H groups in total. The highest BCUT2D eigenvalue weighted by Gasteiger charge is 2.10. The fourth-order valence-corrected chi connectivity index (χ4v) is 2.53. The van der Waals surface area contributed by atoms with E-state index in [0.29, 0.717) is 12.2 Å². The Morgan fingerprint density at radius 1 is 1.10 bits per heavy atom. The molecule has 0 radical (unpaired) electrons. The number of hydrogen-bond acceptors (Lipinski definition) is 3. The maximum Gasteiger partial charge on any atom is 0.238 e. The van der Waals surface area contributed by atoms with Crippen molar-refractivity contribution in [2.45, 2.75) is 25.3 Å². The van der Waals surface area contributed by atoms with Crippen LogP contribution in [0, 0.1) is 19.7 Å². The quantitative estimate of drug-likeness (QED) is 0.912. The lowest BCUT2D eigenvalue weighted by molar-refractivity contribution is 0.598. The molecule has 0 heterocycles. The number of rotatable bonds is 4. The molecule has 0 atom stereocenters. The maximum absolute atomic E-state index is 13.2. The van der Waals surface area contributed by atoms with Gasteiger partial charge in [0.15, 0.2) is 0 Å². The van der Waals surface area contributed by atoms with Crippen LogP contribution in [0.5, 0.6) is 0 Å². The molecule has 6 heteroatoms. The van der Waals surface area contributed by atoms with Gasteiger partial charge in [-0.05, 0) is 54.8 Å². The molecule has 0 saturated carbocycles. The fraction of sp³-hybridized carbons (Fsp3) is 0.200. The summed E-state index contributed by atoms with van der Waals surface area (Å²) in [7, 11) is -3.74. The average Bonchev–Trinajstić information content (AvgIpc) is 2.40. The van der Waals surface area contributed by atoms with Gasteiger partial charge in [0.25, 0.3) is 0 Å². The van der Waals surface area contributed by atoms with E-state index in [2.05, 4.69) is 5.32 Å². The molecule has 2 rings (SSSR count). The van der Waals surface area contributed by atoms with Crippen LogP contribution in [0.15, 0.2) is 41.3 Å². The Morgan fingerprint density at radius 3 is 2.43 bits per heavy atom. The zero-order valence-corrected chi connectivity index (χ0v) is 12.7. The second kappa shape index (κ2) is 5.83. The smallest absolute Gasteiger partial charge is 0.238 e. The van der Waals surface area contributed by atoms with E-state index in [4.69, 9.17) is 5.14 Å². The van der Waals surface area contributed by atoms with Crippen molar-refractivity contribution in [3.05, 3.63) is 58.9 Å². The molecule has 0 aliphatic carbocycles. The molecule has 112 valence electrons. The molecule has 0 aliphatic rings. The summed E-state index contributed by atoms with van der Waals surface area (Å²) in [5.41, 5.74) is 3.32. The van der Waals surface area contributed by atoms with Gasteiger partial charge in [-0.3, -0.25) is 0 Å². The summed E-state index contributed by atoms with van der Waals surface area (Å²) in [6.07, 6.45) is 0. The molecule has 2 aromatic rings. The molecule has 2 aromatic carbocycles. The van der Waals surface area contributed by atoms with Crippen molar-refractivity contribution in [2.75, 3.05) is 5.32 Å². The Bertz CT molecular complexity index is 773. The van der Waals surface area contributed by atoms with Gasteiger partial charge in [0.05, 0.1) is 4.90 Å². The van der Waals surface area contributed by atoms with Crippen LogP contribution in [0.1, 0.15) is 16.7 Å². The van der Waals surface area contributed by atoms with E-state index in [-0.39, 0.29) is 10.7 Å². The number of benzene rings is 2. The predicted octanol–water partition coefficient (Wildman–Crippen LogP) is 2.70. The summed E-state index contributed by atoms with van der Waals surface area (Å²) in [6, 6.07) is 9.20. The summed E-state index contributed by atoms with van der Waals surface area (Å²) in [5.74, 6) is -0.299. The van der Waals surface area contributed by atoms with E-state index >= 15 is 0 Å². The van der Waals surface area contributed by atoms with Crippen molar-refractivity contribution in [3.8, 4) is 0 Å². The molecule has 0 spiro atoms. The Balaban J connectivity index is 2.26. The van der Waals surface area contributed by atoms with E-state index in [1.807, 2.05) is 13.8 Å². The second-order valence-electron chi connectivity index (χ2n) is 4.95. The molecule has 0 amide bonds. The molecule has 0 fully saturated rings. The van der Waals surface area contributed by atoms with Gasteiger partial charge in [0.2, 0.25) is 10.0 Å². The molecular formula is C15H17FN2O2S. The van der Waals surface area contributed by atoms with Gasteiger partial charge >= 0.3 is 0 Å². The SMILES string of the molecule is Cc1ccc(F)cc1CNc1cc(S(N)(=O)=O)ccc1C. The number of nitrogens with one attached hydrogen (secondary N) is 1. The number of nitrogens with two attached hydrogens (primary N) is 1. The summed E-state index contributed by atoms with van der Waals surface area (Å²) >= 11 is 0. The topological polar surface area (TPSA) is 72.2 Å². The first-order valence-electron chi connectivity index (χ1n) is 6.40. The van der Waals surface area contributed by atoms with Gasteiger partial charge in [-0.25, -0.2) is 17.9 Å². The van der Waals surface area contributed by atoms with Crippen molar-refractivity contribution < 1.29 is 12.8 Å². The van der Waals surface area contributed by atoms with E-state index in [0.717, 1.165) is 16.7 Å². The minimum absolute atomic E-state index is 0.0477. The van der Waals surface area contributed by atoms with Crippen LogP contribution < -0.4 is 10.5 Å². The Hall–Kier alpha value is -1.92. The van der Waals surface area contributed by atoms with Gasteiger partial charge in [0.1, 0.15) is 5.82 Å². The monoisotopic (exact) mass is 308 g/mol. The lowest BCUT2D eigenvalue weighted by atomic mass is 10.1. The van der Waals surface area contributed by atoms with Crippen molar-refractivity contribution >= 4 is 15.7 Å².